The Morgan fingerprint density at radius 3 is 2.74 bits per heavy atom. The highest BCUT2D eigenvalue weighted by Crippen LogP contribution is 2.20. The Morgan fingerprint density at radius 1 is 1.37 bits per heavy atom. The third-order valence-corrected chi connectivity index (χ3v) is 5.17. The molecule has 0 aliphatic heterocycles. The third-order valence-electron chi connectivity index (χ3n) is 3.24. The highest BCUT2D eigenvalue weighted by atomic mass is 35.5. The summed E-state index contributed by atoms with van der Waals surface area (Å²) < 4.78 is 25.2. The summed E-state index contributed by atoms with van der Waals surface area (Å²) in [7, 11) is -2.99. The maximum atomic E-state index is 11.6. The summed E-state index contributed by atoms with van der Waals surface area (Å²) in [4.78, 5) is 4.49. The molecule has 0 unspecified atom stereocenters. The van der Waals surface area contributed by atoms with E-state index in [9.17, 15) is 8.42 Å². The number of nitrogens with zero attached hydrogens (tertiary/aromatic N) is 2. The molecule has 0 saturated carbocycles. The number of sulfone groups is 1. The van der Waals surface area contributed by atoms with E-state index in [1.807, 2.05) is 29.7 Å². The second kappa shape index (κ2) is 5.51. The van der Waals surface area contributed by atoms with Gasteiger partial charge in [-0.15, -0.1) is 11.6 Å². The molecule has 0 aliphatic rings. The number of aromatic nitrogens is 2. The molecule has 0 spiro atoms. The molecule has 0 N–H and O–H groups in total. The first-order valence-corrected chi connectivity index (χ1v) is 8.55. The number of para-hydroxylation sites is 1. The van der Waals surface area contributed by atoms with Gasteiger partial charge < -0.3 is 4.57 Å². The normalized spacial score (nSPS) is 12.2. The molecule has 0 fully saturated rings. The van der Waals surface area contributed by atoms with Crippen LogP contribution < -0.4 is 0 Å². The van der Waals surface area contributed by atoms with E-state index in [0.717, 1.165) is 22.4 Å². The van der Waals surface area contributed by atoms with Gasteiger partial charge in [-0.05, 0) is 18.6 Å². The van der Waals surface area contributed by atoms with Gasteiger partial charge in [-0.3, -0.25) is 0 Å². The van der Waals surface area contributed by atoms with Crippen LogP contribution in [0.3, 0.4) is 0 Å². The first kappa shape index (κ1) is 14.3. The van der Waals surface area contributed by atoms with E-state index in [0.29, 0.717) is 6.54 Å². The summed E-state index contributed by atoms with van der Waals surface area (Å²) >= 11 is 5.91. The summed E-state index contributed by atoms with van der Waals surface area (Å²) in [5, 5.41) is 0. The summed E-state index contributed by atoms with van der Waals surface area (Å²) in [6.07, 6.45) is 0. The average Bonchev–Trinajstić information content (AvgIpc) is 2.76. The van der Waals surface area contributed by atoms with Crippen molar-refractivity contribution < 1.29 is 8.42 Å². The molecule has 1 aromatic carbocycles. The number of halogens is 1. The Balaban J connectivity index is 2.44. The Bertz CT molecular complexity index is 692. The molecule has 0 amide bonds. The number of rotatable bonds is 5. The Hall–Kier alpha value is -1.07. The van der Waals surface area contributed by atoms with Crippen molar-refractivity contribution in [2.45, 2.75) is 26.3 Å². The maximum absolute atomic E-state index is 11.6. The fraction of sp³-hybridized carbons (Fsp3) is 0.462. The lowest BCUT2D eigenvalue weighted by Gasteiger charge is -2.07. The fourth-order valence-corrected chi connectivity index (χ4v) is 3.01. The van der Waals surface area contributed by atoms with Gasteiger partial charge >= 0.3 is 0 Å². The third kappa shape index (κ3) is 2.92. The van der Waals surface area contributed by atoms with Crippen LogP contribution >= 0.6 is 11.6 Å². The molecule has 0 aliphatic carbocycles. The Morgan fingerprint density at radius 2 is 2.11 bits per heavy atom. The average molecular weight is 301 g/mol. The summed E-state index contributed by atoms with van der Waals surface area (Å²) in [5.74, 6) is 1.28. The van der Waals surface area contributed by atoms with Crippen molar-refractivity contribution in [3.05, 3.63) is 29.6 Å². The van der Waals surface area contributed by atoms with Crippen molar-refractivity contribution in [2.75, 3.05) is 11.5 Å². The minimum atomic E-state index is -2.99. The fourth-order valence-electron chi connectivity index (χ4n) is 2.06. The number of benzene rings is 1. The minimum absolute atomic E-state index is 0.118. The van der Waals surface area contributed by atoms with Crippen molar-refractivity contribution in [2.24, 2.45) is 0 Å². The van der Waals surface area contributed by atoms with Crippen LogP contribution in [0.4, 0.5) is 0 Å². The van der Waals surface area contributed by atoms with Gasteiger partial charge in [0.05, 0.1) is 22.7 Å². The Kier molecular flexibility index (Phi) is 4.16. The number of imidazole rings is 1. The van der Waals surface area contributed by atoms with Crippen LogP contribution in [0.25, 0.3) is 11.0 Å². The molecule has 0 saturated heterocycles. The molecule has 1 heterocycles. The number of hydrogen-bond acceptors (Lipinski definition) is 3. The Labute approximate surface area is 118 Å². The van der Waals surface area contributed by atoms with Crippen molar-refractivity contribution in [3.8, 4) is 0 Å². The van der Waals surface area contributed by atoms with Gasteiger partial charge in [0.15, 0.2) is 9.84 Å². The topological polar surface area (TPSA) is 52.0 Å². The zero-order valence-corrected chi connectivity index (χ0v) is 12.6. The molecule has 6 heteroatoms. The molecule has 19 heavy (non-hydrogen) atoms. The molecule has 0 radical (unpaired) electrons. The van der Waals surface area contributed by atoms with E-state index in [2.05, 4.69) is 4.98 Å². The molecule has 2 aromatic rings. The monoisotopic (exact) mass is 300 g/mol. The summed E-state index contributed by atoms with van der Waals surface area (Å²) in [6.45, 7) is 4.05. The van der Waals surface area contributed by atoms with Crippen molar-refractivity contribution in [3.63, 3.8) is 0 Å². The molecule has 0 atom stereocenters. The predicted octanol–water partition coefficient (Wildman–Crippen LogP) is 2.52. The highest BCUT2D eigenvalue weighted by Gasteiger charge is 2.14. The van der Waals surface area contributed by atoms with Gasteiger partial charge in [0.2, 0.25) is 0 Å². The summed E-state index contributed by atoms with van der Waals surface area (Å²) in [5.41, 5.74) is 2.91. The van der Waals surface area contributed by atoms with Gasteiger partial charge in [-0.25, -0.2) is 13.4 Å². The van der Waals surface area contributed by atoms with Gasteiger partial charge in [0.1, 0.15) is 5.82 Å². The van der Waals surface area contributed by atoms with Crippen molar-refractivity contribution in [1.29, 1.82) is 0 Å². The highest BCUT2D eigenvalue weighted by molar-refractivity contribution is 7.91. The smallest absolute Gasteiger partial charge is 0.151 e. The van der Waals surface area contributed by atoms with E-state index in [-0.39, 0.29) is 17.4 Å². The molecule has 104 valence electrons. The standard InChI is InChI=1S/C13H17ClN2O2S/c1-3-19(17,18)8-7-16-11-6-4-5-10(2)13(11)15-12(16)9-14/h4-6H,3,7-9H2,1-2H3. The van der Waals surface area contributed by atoms with Crippen LogP contribution in [0.5, 0.6) is 0 Å². The largest absolute Gasteiger partial charge is 0.326 e. The lowest BCUT2D eigenvalue weighted by atomic mass is 10.2. The second-order valence-electron chi connectivity index (χ2n) is 4.49. The van der Waals surface area contributed by atoms with Gasteiger partial charge in [-0.2, -0.15) is 0 Å². The van der Waals surface area contributed by atoms with E-state index >= 15 is 0 Å². The summed E-state index contributed by atoms with van der Waals surface area (Å²) in [6, 6.07) is 5.88. The first-order valence-electron chi connectivity index (χ1n) is 6.19. The SMILES string of the molecule is CCS(=O)(=O)CCn1c(CCl)nc2c(C)cccc21. The van der Waals surface area contributed by atoms with Gasteiger partial charge in [-0.1, -0.05) is 19.1 Å². The molecular weight excluding hydrogens is 284 g/mol. The van der Waals surface area contributed by atoms with E-state index < -0.39 is 9.84 Å². The molecule has 4 nitrogen and oxygen atoms in total. The van der Waals surface area contributed by atoms with Gasteiger partial charge in [0.25, 0.3) is 0 Å². The van der Waals surface area contributed by atoms with Crippen molar-refractivity contribution >= 4 is 32.5 Å². The lowest BCUT2D eigenvalue weighted by molar-refractivity contribution is 0.590. The van der Waals surface area contributed by atoms with Crippen LogP contribution in [-0.2, 0) is 22.3 Å². The van der Waals surface area contributed by atoms with E-state index in [1.54, 1.807) is 6.92 Å². The van der Waals surface area contributed by atoms with Crippen LogP contribution in [0.1, 0.15) is 18.3 Å². The first-order chi connectivity index (χ1) is 8.98. The van der Waals surface area contributed by atoms with Crippen LogP contribution in [-0.4, -0.2) is 29.5 Å². The zero-order chi connectivity index (χ0) is 14.0. The number of alkyl halides is 1. The zero-order valence-electron chi connectivity index (χ0n) is 11.1. The van der Waals surface area contributed by atoms with Gasteiger partial charge in [0, 0.05) is 12.3 Å². The molecule has 1 aromatic heterocycles. The van der Waals surface area contributed by atoms with Crippen LogP contribution in [0, 0.1) is 6.92 Å². The minimum Gasteiger partial charge on any atom is -0.326 e. The van der Waals surface area contributed by atoms with E-state index in [1.165, 1.54) is 0 Å². The van der Waals surface area contributed by atoms with Crippen LogP contribution in [0.2, 0.25) is 0 Å². The molecule has 0 bridgehead atoms. The van der Waals surface area contributed by atoms with E-state index in [4.69, 9.17) is 11.6 Å². The quantitative estimate of drug-likeness (QED) is 0.797. The second-order valence-corrected chi connectivity index (χ2v) is 7.23. The van der Waals surface area contributed by atoms with Crippen molar-refractivity contribution in [1.82, 2.24) is 9.55 Å². The molecular formula is C13H17ClN2O2S. The van der Waals surface area contributed by atoms with Crippen LogP contribution in [0.15, 0.2) is 18.2 Å². The maximum Gasteiger partial charge on any atom is 0.151 e. The number of fused-ring (bicyclic) bond motifs is 1. The molecule has 2 rings (SSSR count). The predicted molar refractivity (Wildman–Crippen MR) is 78.4 cm³/mol. The lowest BCUT2D eigenvalue weighted by Crippen LogP contribution is -2.15. The number of hydrogen-bond donors (Lipinski definition) is 0. The number of aryl methyl sites for hydroxylation is 2.